The predicted molar refractivity (Wildman–Crippen MR) is 96.1 cm³/mol. The van der Waals surface area contributed by atoms with E-state index in [1.807, 2.05) is 31.2 Å². The van der Waals surface area contributed by atoms with E-state index >= 15 is 0 Å². The maximum Gasteiger partial charge on any atom is 0.329 e. The van der Waals surface area contributed by atoms with Crippen molar-refractivity contribution < 1.29 is 9.84 Å². The van der Waals surface area contributed by atoms with Gasteiger partial charge in [0, 0.05) is 7.05 Å². The second-order valence-electron chi connectivity index (χ2n) is 5.96. The van der Waals surface area contributed by atoms with Crippen LogP contribution in [0, 0.1) is 6.92 Å². The van der Waals surface area contributed by atoms with Crippen molar-refractivity contribution in [1.29, 1.82) is 0 Å². The molecule has 0 amide bonds. The van der Waals surface area contributed by atoms with Crippen LogP contribution in [0.4, 0.5) is 5.95 Å². The van der Waals surface area contributed by atoms with Crippen molar-refractivity contribution in [3.05, 3.63) is 50.7 Å². The van der Waals surface area contributed by atoms with Crippen molar-refractivity contribution in [3.63, 3.8) is 0 Å². The van der Waals surface area contributed by atoms with E-state index in [1.165, 1.54) is 16.2 Å². The van der Waals surface area contributed by atoms with Gasteiger partial charge in [-0.05, 0) is 19.1 Å². The predicted octanol–water partition coefficient (Wildman–Crippen LogP) is -0.543. The second-order valence-corrected chi connectivity index (χ2v) is 5.96. The second kappa shape index (κ2) is 7.02. The molecule has 5 N–H and O–H groups in total. The summed E-state index contributed by atoms with van der Waals surface area (Å²) in [5.41, 5.74) is 2.59. The van der Waals surface area contributed by atoms with Gasteiger partial charge in [-0.3, -0.25) is 19.8 Å². The van der Waals surface area contributed by atoms with Gasteiger partial charge in [0.1, 0.15) is 18.5 Å². The summed E-state index contributed by atoms with van der Waals surface area (Å²) in [5, 5.41) is 10.3. The molecule has 0 spiro atoms. The lowest BCUT2D eigenvalue weighted by atomic mass is 10.2. The number of nitrogens with one attached hydrogen (secondary N) is 2. The first-order chi connectivity index (χ1) is 12.4. The number of nitrogens with zero attached hydrogens (tertiary/aromatic N) is 3. The van der Waals surface area contributed by atoms with E-state index in [4.69, 9.17) is 10.6 Å². The van der Waals surface area contributed by atoms with Gasteiger partial charge in [0.2, 0.25) is 5.95 Å². The minimum Gasteiger partial charge on any atom is -0.491 e. The Labute approximate surface area is 147 Å². The quantitative estimate of drug-likeness (QED) is 0.342. The van der Waals surface area contributed by atoms with E-state index in [0.717, 1.165) is 5.56 Å². The third kappa shape index (κ3) is 3.32. The number of aromatic nitrogens is 4. The van der Waals surface area contributed by atoms with Gasteiger partial charge in [0.15, 0.2) is 11.2 Å². The highest BCUT2D eigenvalue weighted by Crippen LogP contribution is 2.16. The van der Waals surface area contributed by atoms with Crippen LogP contribution in [0.5, 0.6) is 5.75 Å². The Morgan fingerprint density at radius 1 is 1.35 bits per heavy atom. The molecule has 0 aliphatic heterocycles. The van der Waals surface area contributed by atoms with E-state index in [9.17, 15) is 14.7 Å². The molecule has 0 unspecified atom stereocenters. The third-order valence-corrected chi connectivity index (χ3v) is 3.99. The van der Waals surface area contributed by atoms with Crippen molar-refractivity contribution in [2.24, 2.45) is 12.9 Å². The molecule has 0 saturated carbocycles. The molecule has 0 saturated heterocycles. The normalized spacial score (nSPS) is 12.3. The fourth-order valence-corrected chi connectivity index (χ4v) is 2.61. The number of hydrogen-bond acceptors (Lipinski definition) is 7. The molecule has 2 heterocycles. The Hall–Kier alpha value is -3.11. The number of ether oxygens (including phenoxy) is 1. The molecule has 0 radical (unpaired) electrons. The standard InChI is InChI=1S/C16H20N6O4/c1-9-3-5-11(6-4-9)26-8-10(23)7-22-12-13(18-15(22)20-17)21(2)16(25)19-14(12)24/h3-6,10,23H,7-8,17H2,1-2H3,(H,18,20)(H,19,24,25)/t10-/m0/s1. The highest BCUT2D eigenvalue weighted by molar-refractivity contribution is 5.74. The molecular weight excluding hydrogens is 340 g/mol. The number of nitrogen functional groups attached to an aromatic ring is 1. The summed E-state index contributed by atoms with van der Waals surface area (Å²) >= 11 is 0. The molecule has 138 valence electrons. The number of aliphatic hydroxyl groups is 1. The van der Waals surface area contributed by atoms with E-state index < -0.39 is 17.4 Å². The van der Waals surface area contributed by atoms with Crippen LogP contribution < -0.4 is 27.3 Å². The van der Waals surface area contributed by atoms with Gasteiger partial charge in [-0.1, -0.05) is 17.7 Å². The number of anilines is 1. The highest BCUT2D eigenvalue weighted by atomic mass is 16.5. The summed E-state index contributed by atoms with van der Waals surface area (Å²) in [6, 6.07) is 7.42. The van der Waals surface area contributed by atoms with E-state index in [0.29, 0.717) is 5.75 Å². The number of nitrogens with two attached hydrogens (primary N) is 1. The summed E-state index contributed by atoms with van der Waals surface area (Å²) in [7, 11) is 1.48. The van der Waals surface area contributed by atoms with Crippen LogP contribution in [-0.2, 0) is 13.6 Å². The number of benzene rings is 1. The molecule has 1 aromatic carbocycles. The molecule has 0 aliphatic carbocycles. The summed E-state index contributed by atoms with van der Waals surface area (Å²) in [5.74, 6) is 6.24. The number of aromatic amines is 1. The molecule has 10 nitrogen and oxygen atoms in total. The fourth-order valence-electron chi connectivity index (χ4n) is 2.61. The number of imidazole rings is 1. The summed E-state index contributed by atoms with van der Waals surface area (Å²) in [4.78, 5) is 30.2. The summed E-state index contributed by atoms with van der Waals surface area (Å²) in [6.45, 7) is 1.98. The van der Waals surface area contributed by atoms with Gasteiger partial charge in [-0.15, -0.1) is 0 Å². The molecule has 2 aromatic heterocycles. The number of aliphatic hydroxyl groups excluding tert-OH is 1. The molecule has 3 rings (SSSR count). The van der Waals surface area contributed by atoms with E-state index in [1.54, 1.807) is 0 Å². The average molecular weight is 360 g/mol. The Bertz CT molecular complexity index is 1030. The Balaban J connectivity index is 1.85. The molecule has 3 aromatic rings. The van der Waals surface area contributed by atoms with Gasteiger partial charge in [0.05, 0.1) is 6.54 Å². The zero-order valence-electron chi connectivity index (χ0n) is 14.4. The number of aryl methyl sites for hydroxylation is 2. The smallest absolute Gasteiger partial charge is 0.329 e. The van der Waals surface area contributed by atoms with Gasteiger partial charge in [0.25, 0.3) is 5.56 Å². The van der Waals surface area contributed by atoms with Crippen LogP contribution in [0.15, 0.2) is 33.9 Å². The largest absolute Gasteiger partial charge is 0.491 e. The van der Waals surface area contributed by atoms with Crippen LogP contribution in [0.2, 0.25) is 0 Å². The Morgan fingerprint density at radius 3 is 2.69 bits per heavy atom. The van der Waals surface area contributed by atoms with Crippen molar-refractivity contribution in [2.45, 2.75) is 19.6 Å². The van der Waals surface area contributed by atoms with Crippen molar-refractivity contribution in [1.82, 2.24) is 19.1 Å². The Kier molecular flexibility index (Phi) is 4.78. The van der Waals surface area contributed by atoms with Crippen LogP contribution in [0.1, 0.15) is 5.56 Å². The van der Waals surface area contributed by atoms with Crippen molar-refractivity contribution in [2.75, 3.05) is 12.0 Å². The zero-order chi connectivity index (χ0) is 18.8. The fraction of sp³-hybridized carbons (Fsp3) is 0.312. The topological polar surface area (TPSA) is 140 Å². The van der Waals surface area contributed by atoms with Gasteiger partial charge >= 0.3 is 5.69 Å². The first-order valence-electron chi connectivity index (χ1n) is 7.94. The SMILES string of the molecule is Cc1ccc(OC[C@@H](O)Cn2c(NN)nc3c2c(=O)[nH]c(=O)n3C)cc1. The number of H-pyrrole nitrogens is 1. The monoisotopic (exact) mass is 360 g/mol. The molecule has 0 aliphatic rings. The molecule has 10 heteroatoms. The molecule has 1 atom stereocenters. The van der Waals surface area contributed by atoms with Gasteiger partial charge in [-0.2, -0.15) is 4.98 Å². The zero-order valence-corrected chi connectivity index (χ0v) is 14.4. The lowest BCUT2D eigenvalue weighted by Gasteiger charge is -2.15. The minimum atomic E-state index is -0.933. The highest BCUT2D eigenvalue weighted by Gasteiger charge is 2.19. The first kappa shape index (κ1) is 17.7. The summed E-state index contributed by atoms with van der Waals surface area (Å²) < 4.78 is 8.16. The maximum atomic E-state index is 12.2. The lowest BCUT2D eigenvalue weighted by Crippen LogP contribution is -2.31. The third-order valence-electron chi connectivity index (χ3n) is 3.99. The maximum absolute atomic E-state index is 12.2. The number of hydrogen-bond donors (Lipinski definition) is 4. The molecule has 0 fully saturated rings. The number of hydrazine groups is 1. The first-order valence-corrected chi connectivity index (χ1v) is 7.94. The molecular formula is C16H20N6O4. The minimum absolute atomic E-state index is 0.00315. The molecule has 0 bridgehead atoms. The molecule has 26 heavy (non-hydrogen) atoms. The lowest BCUT2D eigenvalue weighted by molar-refractivity contribution is 0.0938. The van der Waals surface area contributed by atoms with Crippen molar-refractivity contribution >= 4 is 17.1 Å². The van der Waals surface area contributed by atoms with E-state index in [2.05, 4.69) is 15.4 Å². The Morgan fingerprint density at radius 2 is 2.04 bits per heavy atom. The van der Waals surface area contributed by atoms with E-state index in [-0.39, 0.29) is 30.3 Å². The summed E-state index contributed by atoms with van der Waals surface area (Å²) in [6.07, 6.45) is -0.933. The van der Waals surface area contributed by atoms with Gasteiger partial charge in [-0.25, -0.2) is 10.6 Å². The van der Waals surface area contributed by atoms with Crippen LogP contribution in [-0.4, -0.2) is 36.9 Å². The number of rotatable bonds is 6. The van der Waals surface area contributed by atoms with Crippen LogP contribution in [0.25, 0.3) is 11.2 Å². The average Bonchev–Trinajstić information content (AvgIpc) is 2.98. The number of fused-ring (bicyclic) bond motifs is 1. The van der Waals surface area contributed by atoms with Crippen LogP contribution in [0.3, 0.4) is 0 Å². The van der Waals surface area contributed by atoms with Crippen molar-refractivity contribution in [3.8, 4) is 5.75 Å². The van der Waals surface area contributed by atoms with Crippen LogP contribution >= 0.6 is 0 Å². The van der Waals surface area contributed by atoms with Gasteiger partial charge < -0.3 is 14.4 Å².